The Morgan fingerprint density at radius 1 is 0.714 bits per heavy atom. The van der Waals surface area contributed by atoms with Gasteiger partial charge in [-0.3, -0.25) is 0 Å². The summed E-state index contributed by atoms with van der Waals surface area (Å²) in [5.41, 5.74) is 1.18. The van der Waals surface area contributed by atoms with E-state index in [9.17, 15) is 0 Å². The lowest BCUT2D eigenvalue weighted by Gasteiger charge is -2.13. The number of ether oxygens (including phenoxy) is 2. The van der Waals surface area contributed by atoms with E-state index in [4.69, 9.17) is 9.47 Å². The van der Waals surface area contributed by atoms with Crippen molar-refractivity contribution in [2.24, 2.45) is 0 Å². The topological polar surface area (TPSA) is 18.5 Å². The smallest absolute Gasteiger partial charge is 0.0814 e. The van der Waals surface area contributed by atoms with Crippen molar-refractivity contribution in [2.75, 3.05) is 13.2 Å². The minimum absolute atomic E-state index is 0.0909. The maximum absolute atomic E-state index is 5.72. The second-order valence-corrected chi connectivity index (χ2v) is 8.09. The average molecular weight is 390 g/mol. The van der Waals surface area contributed by atoms with Crippen molar-refractivity contribution in [2.45, 2.75) is 110 Å². The Kier molecular flexibility index (Phi) is 17.5. The molecule has 1 unspecified atom stereocenters. The molecule has 28 heavy (non-hydrogen) atoms. The monoisotopic (exact) mass is 389 g/mol. The molecule has 161 valence electrons. The first-order valence-electron chi connectivity index (χ1n) is 11.9. The molecule has 2 heteroatoms. The highest BCUT2D eigenvalue weighted by atomic mass is 16.5. The normalized spacial score (nSPS) is 12.4. The third kappa shape index (κ3) is 16.1. The summed E-state index contributed by atoms with van der Waals surface area (Å²) in [5.74, 6) is 0. The number of hydrogen-bond acceptors (Lipinski definition) is 2. The van der Waals surface area contributed by atoms with Crippen LogP contribution in [0.2, 0.25) is 0 Å². The van der Waals surface area contributed by atoms with Gasteiger partial charge in [0.15, 0.2) is 0 Å². The fourth-order valence-corrected chi connectivity index (χ4v) is 3.45. The third-order valence-corrected chi connectivity index (χ3v) is 5.27. The van der Waals surface area contributed by atoms with Gasteiger partial charge in [-0.05, 0) is 18.9 Å². The lowest BCUT2D eigenvalue weighted by Crippen LogP contribution is -2.16. The zero-order valence-electron chi connectivity index (χ0n) is 18.5. The van der Waals surface area contributed by atoms with E-state index in [0.717, 1.165) is 13.0 Å². The second-order valence-electron chi connectivity index (χ2n) is 8.09. The lowest BCUT2D eigenvalue weighted by molar-refractivity contribution is -0.00217. The predicted octanol–water partition coefficient (Wildman–Crippen LogP) is 7.90. The quantitative estimate of drug-likeness (QED) is 0.211. The van der Waals surface area contributed by atoms with Crippen LogP contribution in [0.1, 0.15) is 102 Å². The van der Waals surface area contributed by atoms with Crippen molar-refractivity contribution >= 4 is 0 Å². The van der Waals surface area contributed by atoms with Crippen molar-refractivity contribution in [3.05, 3.63) is 42.8 Å². The van der Waals surface area contributed by atoms with E-state index in [1.165, 1.54) is 89.0 Å². The zero-order chi connectivity index (χ0) is 20.1. The predicted molar refractivity (Wildman–Crippen MR) is 122 cm³/mol. The molecule has 0 spiro atoms. The van der Waals surface area contributed by atoms with Crippen LogP contribution in [0.3, 0.4) is 0 Å². The summed E-state index contributed by atoms with van der Waals surface area (Å²) in [6, 6.07) is 10.2. The summed E-state index contributed by atoms with van der Waals surface area (Å²) >= 11 is 0. The van der Waals surface area contributed by atoms with Crippen LogP contribution in [0.5, 0.6) is 0 Å². The maximum Gasteiger partial charge on any atom is 0.0814 e. The molecule has 0 heterocycles. The molecule has 1 rings (SSSR count). The van der Waals surface area contributed by atoms with Gasteiger partial charge in [0.05, 0.1) is 19.3 Å². The Hall–Kier alpha value is -0.860. The van der Waals surface area contributed by atoms with Crippen molar-refractivity contribution in [3.8, 4) is 0 Å². The van der Waals surface area contributed by atoms with Gasteiger partial charge in [0.1, 0.15) is 0 Å². The summed E-state index contributed by atoms with van der Waals surface area (Å²) in [7, 11) is 0. The van der Waals surface area contributed by atoms with E-state index in [2.05, 4.69) is 26.0 Å². The molecule has 0 aliphatic rings. The van der Waals surface area contributed by atoms with Gasteiger partial charge < -0.3 is 9.47 Å². The average Bonchev–Trinajstić information content (AvgIpc) is 2.72. The molecule has 0 saturated heterocycles. The fourth-order valence-electron chi connectivity index (χ4n) is 3.45. The van der Waals surface area contributed by atoms with Crippen LogP contribution in [0, 0.1) is 6.92 Å². The summed E-state index contributed by atoms with van der Waals surface area (Å²) in [6.07, 6.45) is 19.3. The number of rotatable bonds is 20. The number of hydrogen-bond donors (Lipinski definition) is 0. The van der Waals surface area contributed by atoms with E-state index in [-0.39, 0.29) is 6.10 Å². The van der Waals surface area contributed by atoms with Gasteiger partial charge in [-0.2, -0.15) is 0 Å². The van der Waals surface area contributed by atoms with Crippen molar-refractivity contribution in [1.82, 2.24) is 0 Å². The van der Waals surface area contributed by atoms with Gasteiger partial charge >= 0.3 is 0 Å². The van der Waals surface area contributed by atoms with Crippen LogP contribution in [-0.4, -0.2) is 19.3 Å². The molecule has 0 bridgehead atoms. The lowest BCUT2D eigenvalue weighted by atomic mass is 10.0. The molecular formula is C26H45O2. The molecule has 0 saturated carbocycles. The van der Waals surface area contributed by atoms with Gasteiger partial charge in [0, 0.05) is 6.61 Å². The van der Waals surface area contributed by atoms with Crippen LogP contribution >= 0.6 is 0 Å². The van der Waals surface area contributed by atoms with Gasteiger partial charge in [-0.1, -0.05) is 121 Å². The Labute approximate surface area is 175 Å². The van der Waals surface area contributed by atoms with Crippen molar-refractivity contribution in [1.29, 1.82) is 0 Å². The highest BCUT2D eigenvalue weighted by Gasteiger charge is 2.03. The molecule has 1 aromatic carbocycles. The zero-order valence-corrected chi connectivity index (χ0v) is 18.5. The summed E-state index contributed by atoms with van der Waals surface area (Å²) in [5, 5.41) is 0. The fraction of sp³-hybridized carbons (Fsp3) is 0.731. The molecule has 0 aliphatic heterocycles. The highest BCUT2D eigenvalue weighted by Crippen LogP contribution is 2.13. The standard InChI is InChI=1S/C26H45O2/c1-3-4-5-6-7-8-9-10-11-12-13-14-15-19-22-27-23-25(2)28-24-26-20-17-16-18-21-26/h16-18,20-21,25H,2-15,19,22-24H2,1H3. The largest absolute Gasteiger partial charge is 0.379 e. The molecule has 0 aliphatic carbocycles. The Bertz CT molecular complexity index is 418. The maximum atomic E-state index is 5.72. The second kappa shape index (κ2) is 19.5. The van der Waals surface area contributed by atoms with Crippen LogP contribution in [-0.2, 0) is 16.1 Å². The summed E-state index contributed by atoms with van der Waals surface area (Å²) in [4.78, 5) is 0. The molecular weight excluding hydrogens is 344 g/mol. The van der Waals surface area contributed by atoms with Gasteiger partial charge in [0.2, 0.25) is 0 Å². The minimum atomic E-state index is -0.0909. The third-order valence-electron chi connectivity index (χ3n) is 5.27. The molecule has 1 aromatic rings. The molecule has 1 radical (unpaired) electrons. The number of benzene rings is 1. The van der Waals surface area contributed by atoms with Gasteiger partial charge in [-0.15, -0.1) is 0 Å². The van der Waals surface area contributed by atoms with Crippen LogP contribution in [0.4, 0.5) is 0 Å². The summed E-state index contributed by atoms with van der Waals surface area (Å²) < 4.78 is 11.4. The van der Waals surface area contributed by atoms with E-state index in [1.54, 1.807) is 0 Å². The van der Waals surface area contributed by atoms with Gasteiger partial charge in [-0.25, -0.2) is 0 Å². The molecule has 0 N–H and O–H groups in total. The first kappa shape index (κ1) is 25.2. The van der Waals surface area contributed by atoms with E-state index >= 15 is 0 Å². The van der Waals surface area contributed by atoms with E-state index in [1.807, 2.05) is 18.2 Å². The Morgan fingerprint density at radius 3 is 1.75 bits per heavy atom. The summed E-state index contributed by atoms with van der Waals surface area (Å²) in [6.45, 7) is 8.33. The van der Waals surface area contributed by atoms with Crippen molar-refractivity contribution in [3.63, 3.8) is 0 Å². The Balaban J connectivity index is 1.75. The van der Waals surface area contributed by atoms with Crippen molar-refractivity contribution < 1.29 is 9.47 Å². The van der Waals surface area contributed by atoms with Crippen LogP contribution in [0.25, 0.3) is 0 Å². The molecule has 0 aromatic heterocycles. The first-order valence-corrected chi connectivity index (χ1v) is 11.9. The molecule has 2 nitrogen and oxygen atoms in total. The highest BCUT2D eigenvalue weighted by molar-refractivity contribution is 5.13. The SMILES string of the molecule is [CH2]C(COCCCCCCCCCCCCCCCC)OCc1ccccc1. The molecule has 1 atom stereocenters. The number of unbranched alkanes of at least 4 members (excludes halogenated alkanes) is 13. The van der Waals surface area contributed by atoms with Crippen LogP contribution in [0.15, 0.2) is 30.3 Å². The molecule has 0 amide bonds. The van der Waals surface area contributed by atoms with Crippen LogP contribution < -0.4 is 0 Å². The van der Waals surface area contributed by atoms with E-state index in [0.29, 0.717) is 13.2 Å². The van der Waals surface area contributed by atoms with Gasteiger partial charge in [0.25, 0.3) is 0 Å². The molecule has 0 fully saturated rings. The first-order chi connectivity index (χ1) is 13.8. The van der Waals surface area contributed by atoms with E-state index < -0.39 is 0 Å². The minimum Gasteiger partial charge on any atom is -0.379 e. The Morgan fingerprint density at radius 2 is 1.21 bits per heavy atom.